The fourth-order valence-electron chi connectivity index (χ4n) is 3.39. The molecule has 4 rings (SSSR count). The summed E-state index contributed by atoms with van der Waals surface area (Å²) in [7, 11) is 0. The van der Waals surface area contributed by atoms with Crippen molar-refractivity contribution in [3.63, 3.8) is 0 Å². The van der Waals surface area contributed by atoms with Gasteiger partial charge in [0.05, 0.1) is 0 Å². The van der Waals surface area contributed by atoms with Gasteiger partial charge >= 0.3 is 0 Å². The molecular formula is C19H21NS. The second-order valence-electron chi connectivity index (χ2n) is 6.29. The topological polar surface area (TPSA) is 26.0 Å². The molecule has 2 N–H and O–H groups in total. The summed E-state index contributed by atoms with van der Waals surface area (Å²) in [5.41, 5.74) is 10.8. The van der Waals surface area contributed by atoms with Gasteiger partial charge in [-0.15, -0.1) is 11.8 Å². The highest BCUT2D eigenvalue weighted by molar-refractivity contribution is 8.00. The van der Waals surface area contributed by atoms with E-state index in [1.807, 2.05) is 11.8 Å². The van der Waals surface area contributed by atoms with E-state index in [-0.39, 0.29) is 6.04 Å². The second-order valence-corrected chi connectivity index (χ2v) is 7.57. The first kappa shape index (κ1) is 13.4. The predicted molar refractivity (Wildman–Crippen MR) is 89.8 cm³/mol. The number of nitrogens with two attached hydrogens (primary N) is 1. The Hall–Kier alpha value is -1.25. The molecule has 2 aliphatic rings. The first-order valence-electron chi connectivity index (χ1n) is 7.91. The van der Waals surface area contributed by atoms with Crippen molar-refractivity contribution < 1.29 is 0 Å². The normalized spacial score (nSPS) is 22.6. The lowest BCUT2D eigenvalue weighted by Gasteiger charge is -2.27. The third-order valence-corrected chi connectivity index (χ3v) is 6.36. The highest BCUT2D eigenvalue weighted by Crippen LogP contribution is 2.42. The van der Waals surface area contributed by atoms with Crippen LogP contribution in [0.5, 0.6) is 0 Å². The number of thioether (sulfide) groups is 1. The molecule has 0 aromatic heterocycles. The molecule has 2 unspecified atom stereocenters. The Kier molecular flexibility index (Phi) is 3.52. The Morgan fingerprint density at radius 1 is 1.05 bits per heavy atom. The van der Waals surface area contributed by atoms with Gasteiger partial charge in [-0.25, -0.2) is 0 Å². The minimum atomic E-state index is 0.127. The molecule has 108 valence electrons. The van der Waals surface area contributed by atoms with Crippen molar-refractivity contribution in [2.75, 3.05) is 0 Å². The van der Waals surface area contributed by atoms with E-state index in [1.54, 1.807) is 0 Å². The molecule has 21 heavy (non-hydrogen) atoms. The lowest BCUT2D eigenvalue weighted by atomic mass is 9.79. The van der Waals surface area contributed by atoms with Crippen LogP contribution >= 0.6 is 11.8 Å². The van der Waals surface area contributed by atoms with Crippen LogP contribution in [0.3, 0.4) is 0 Å². The SMILES string of the molecule is NC(c1cccc(C2CCC2)c1)C1Cc2ccccc2S1. The summed E-state index contributed by atoms with van der Waals surface area (Å²) >= 11 is 1.95. The van der Waals surface area contributed by atoms with Crippen LogP contribution in [-0.4, -0.2) is 5.25 Å². The van der Waals surface area contributed by atoms with Gasteiger partial charge in [-0.05, 0) is 47.9 Å². The molecule has 1 heterocycles. The number of fused-ring (bicyclic) bond motifs is 1. The van der Waals surface area contributed by atoms with Crippen molar-refractivity contribution in [3.8, 4) is 0 Å². The van der Waals surface area contributed by atoms with E-state index >= 15 is 0 Å². The molecule has 0 radical (unpaired) electrons. The summed E-state index contributed by atoms with van der Waals surface area (Å²) in [6.07, 6.45) is 5.18. The highest BCUT2D eigenvalue weighted by Gasteiger charge is 2.28. The van der Waals surface area contributed by atoms with Crippen LogP contribution in [0.25, 0.3) is 0 Å². The monoisotopic (exact) mass is 295 g/mol. The third kappa shape index (κ3) is 2.51. The summed E-state index contributed by atoms with van der Waals surface area (Å²) in [6, 6.07) is 17.9. The van der Waals surface area contributed by atoms with Gasteiger partial charge in [0, 0.05) is 16.2 Å². The van der Waals surface area contributed by atoms with Crippen LogP contribution < -0.4 is 5.73 Å². The zero-order valence-corrected chi connectivity index (χ0v) is 13.0. The van der Waals surface area contributed by atoms with Gasteiger partial charge in [0.2, 0.25) is 0 Å². The van der Waals surface area contributed by atoms with Crippen molar-refractivity contribution in [3.05, 3.63) is 65.2 Å². The van der Waals surface area contributed by atoms with E-state index in [1.165, 1.54) is 40.8 Å². The number of rotatable bonds is 3. The molecule has 1 saturated carbocycles. The maximum absolute atomic E-state index is 6.59. The Morgan fingerprint density at radius 3 is 2.67 bits per heavy atom. The molecule has 2 aromatic carbocycles. The van der Waals surface area contributed by atoms with Crippen molar-refractivity contribution in [1.82, 2.24) is 0 Å². The van der Waals surface area contributed by atoms with Crippen molar-refractivity contribution in [2.45, 2.75) is 47.8 Å². The van der Waals surface area contributed by atoms with Gasteiger partial charge in [0.25, 0.3) is 0 Å². The largest absolute Gasteiger partial charge is 0.323 e. The Balaban J connectivity index is 1.54. The summed E-state index contributed by atoms with van der Waals surface area (Å²) in [4.78, 5) is 1.41. The fraction of sp³-hybridized carbons (Fsp3) is 0.368. The predicted octanol–water partition coefficient (Wildman–Crippen LogP) is 4.67. The van der Waals surface area contributed by atoms with E-state index in [2.05, 4.69) is 48.5 Å². The third-order valence-electron chi connectivity index (χ3n) is 4.94. The first-order valence-corrected chi connectivity index (χ1v) is 8.79. The summed E-state index contributed by atoms with van der Waals surface area (Å²) in [5, 5.41) is 0.471. The molecule has 1 aliphatic heterocycles. The van der Waals surface area contributed by atoms with Gasteiger partial charge in [-0.2, -0.15) is 0 Å². The van der Waals surface area contributed by atoms with Gasteiger partial charge in [-0.3, -0.25) is 0 Å². The van der Waals surface area contributed by atoms with E-state index in [9.17, 15) is 0 Å². The standard InChI is InChI=1S/C19H21NS/c20-19(18-12-15-5-1-2-10-17(15)21-18)16-9-4-8-14(11-16)13-6-3-7-13/h1-2,4-5,8-11,13,18-19H,3,6-7,12,20H2. The molecule has 0 bridgehead atoms. The quantitative estimate of drug-likeness (QED) is 0.890. The lowest BCUT2D eigenvalue weighted by Crippen LogP contribution is -2.23. The summed E-state index contributed by atoms with van der Waals surface area (Å²) < 4.78 is 0. The lowest BCUT2D eigenvalue weighted by molar-refractivity contribution is 0.419. The molecule has 1 aliphatic carbocycles. The summed E-state index contributed by atoms with van der Waals surface area (Å²) in [5.74, 6) is 0.783. The van der Waals surface area contributed by atoms with E-state index in [0.717, 1.165) is 12.3 Å². The van der Waals surface area contributed by atoms with Crippen LogP contribution in [0.1, 0.15) is 47.9 Å². The second kappa shape index (κ2) is 5.51. The summed E-state index contributed by atoms with van der Waals surface area (Å²) in [6.45, 7) is 0. The van der Waals surface area contributed by atoms with Gasteiger partial charge < -0.3 is 5.73 Å². The highest BCUT2D eigenvalue weighted by atomic mass is 32.2. The van der Waals surface area contributed by atoms with Crippen LogP contribution in [-0.2, 0) is 6.42 Å². The number of hydrogen-bond acceptors (Lipinski definition) is 2. The van der Waals surface area contributed by atoms with Crippen LogP contribution in [0.15, 0.2) is 53.4 Å². The van der Waals surface area contributed by atoms with Gasteiger partial charge in [-0.1, -0.05) is 48.9 Å². The zero-order chi connectivity index (χ0) is 14.2. The smallest absolute Gasteiger partial charge is 0.0422 e. The Bertz CT molecular complexity index is 623. The average Bonchev–Trinajstić information content (AvgIpc) is 2.89. The van der Waals surface area contributed by atoms with Crippen molar-refractivity contribution in [1.29, 1.82) is 0 Å². The molecule has 0 spiro atoms. The maximum Gasteiger partial charge on any atom is 0.0422 e. The van der Waals surface area contributed by atoms with Crippen LogP contribution in [0.2, 0.25) is 0 Å². The molecule has 0 amide bonds. The zero-order valence-electron chi connectivity index (χ0n) is 12.2. The molecular weight excluding hydrogens is 274 g/mol. The Labute approximate surface area is 130 Å². The minimum Gasteiger partial charge on any atom is -0.323 e. The van der Waals surface area contributed by atoms with Crippen LogP contribution in [0, 0.1) is 0 Å². The fourth-order valence-corrected chi connectivity index (χ4v) is 4.74. The first-order chi connectivity index (χ1) is 10.3. The Morgan fingerprint density at radius 2 is 1.90 bits per heavy atom. The van der Waals surface area contributed by atoms with Gasteiger partial charge in [0.1, 0.15) is 0 Å². The minimum absolute atomic E-state index is 0.127. The molecule has 0 saturated heterocycles. The maximum atomic E-state index is 6.59. The van der Waals surface area contributed by atoms with Gasteiger partial charge in [0.15, 0.2) is 0 Å². The number of benzene rings is 2. The average molecular weight is 295 g/mol. The molecule has 2 heteroatoms. The van der Waals surface area contributed by atoms with E-state index in [4.69, 9.17) is 5.73 Å². The van der Waals surface area contributed by atoms with Crippen molar-refractivity contribution >= 4 is 11.8 Å². The number of hydrogen-bond donors (Lipinski definition) is 1. The van der Waals surface area contributed by atoms with E-state index < -0.39 is 0 Å². The molecule has 2 atom stereocenters. The van der Waals surface area contributed by atoms with Crippen LogP contribution in [0.4, 0.5) is 0 Å². The van der Waals surface area contributed by atoms with Crippen molar-refractivity contribution in [2.24, 2.45) is 5.73 Å². The molecule has 1 fully saturated rings. The molecule has 2 aromatic rings. The molecule has 1 nitrogen and oxygen atoms in total. The van der Waals surface area contributed by atoms with E-state index in [0.29, 0.717) is 5.25 Å².